The Morgan fingerprint density at radius 1 is 1.04 bits per heavy atom. The van der Waals surface area contributed by atoms with Crippen LogP contribution in [0.2, 0.25) is 0 Å². The molecule has 0 bridgehead atoms. The topological polar surface area (TPSA) is 45.2 Å². The minimum absolute atomic E-state index is 0.177. The van der Waals surface area contributed by atoms with Gasteiger partial charge in [0.1, 0.15) is 5.69 Å². The normalized spacial score (nSPS) is 10.5. The van der Waals surface area contributed by atoms with Crippen molar-refractivity contribution in [3.63, 3.8) is 0 Å². The molecule has 0 atom stereocenters. The molecule has 1 amide bonds. The molecule has 24 heavy (non-hydrogen) atoms. The Bertz CT molecular complexity index is 654. The lowest BCUT2D eigenvalue weighted by Gasteiger charge is -2.23. The minimum atomic E-state index is -0.177. The van der Waals surface area contributed by atoms with Crippen LogP contribution < -0.4 is 10.2 Å². The van der Waals surface area contributed by atoms with Gasteiger partial charge in [0.25, 0.3) is 5.91 Å². The second kappa shape index (κ2) is 8.48. The third-order valence-corrected chi connectivity index (χ3v) is 3.81. The van der Waals surface area contributed by atoms with Crippen LogP contribution in [0.5, 0.6) is 0 Å². The van der Waals surface area contributed by atoms with Crippen molar-refractivity contribution in [2.24, 2.45) is 0 Å². The smallest absolute Gasteiger partial charge is 0.274 e. The van der Waals surface area contributed by atoms with E-state index in [0.29, 0.717) is 5.69 Å². The van der Waals surface area contributed by atoms with Crippen LogP contribution in [-0.2, 0) is 0 Å². The first-order valence-corrected chi connectivity index (χ1v) is 8.64. The zero-order valence-corrected chi connectivity index (χ0v) is 15.1. The highest BCUT2D eigenvalue weighted by atomic mass is 16.1. The van der Waals surface area contributed by atoms with E-state index in [2.05, 4.69) is 35.1 Å². The summed E-state index contributed by atoms with van der Waals surface area (Å²) in [4.78, 5) is 19.0. The maximum Gasteiger partial charge on any atom is 0.274 e. The van der Waals surface area contributed by atoms with Gasteiger partial charge in [0.15, 0.2) is 0 Å². The molecular formula is C20H27N3O. The van der Waals surface area contributed by atoms with Crippen LogP contribution in [0.4, 0.5) is 11.4 Å². The van der Waals surface area contributed by atoms with Crippen LogP contribution in [0, 0.1) is 13.8 Å². The Morgan fingerprint density at radius 2 is 1.67 bits per heavy atom. The Hall–Kier alpha value is -2.36. The summed E-state index contributed by atoms with van der Waals surface area (Å²) in [5.74, 6) is -0.177. The number of pyridine rings is 1. The van der Waals surface area contributed by atoms with Crippen LogP contribution in [0.3, 0.4) is 0 Å². The highest BCUT2D eigenvalue weighted by Gasteiger charge is 2.10. The molecule has 4 heteroatoms. The van der Waals surface area contributed by atoms with Crippen LogP contribution >= 0.6 is 0 Å². The number of hydrogen-bond acceptors (Lipinski definition) is 3. The van der Waals surface area contributed by atoms with Gasteiger partial charge in [0.05, 0.1) is 11.9 Å². The maximum absolute atomic E-state index is 12.4. The molecule has 0 fully saturated rings. The molecule has 0 aliphatic heterocycles. The first-order chi connectivity index (χ1) is 11.5. The molecule has 2 rings (SSSR count). The van der Waals surface area contributed by atoms with Gasteiger partial charge in [-0.15, -0.1) is 0 Å². The third kappa shape index (κ3) is 4.82. The number of hydrogen-bond donors (Lipinski definition) is 1. The Balaban J connectivity index is 2.10. The highest BCUT2D eigenvalue weighted by Crippen LogP contribution is 2.17. The highest BCUT2D eigenvalue weighted by molar-refractivity contribution is 6.03. The molecule has 0 aliphatic carbocycles. The first kappa shape index (κ1) is 18.0. The largest absolute Gasteiger partial charge is 0.370 e. The van der Waals surface area contributed by atoms with Crippen LogP contribution in [0.15, 0.2) is 36.5 Å². The number of benzene rings is 1. The maximum atomic E-state index is 12.4. The van der Waals surface area contributed by atoms with Crippen molar-refractivity contribution in [3.05, 3.63) is 53.3 Å². The fourth-order valence-corrected chi connectivity index (χ4v) is 2.86. The molecule has 0 unspecified atom stereocenters. The average molecular weight is 325 g/mol. The molecule has 0 aliphatic rings. The van der Waals surface area contributed by atoms with E-state index in [-0.39, 0.29) is 5.91 Å². The van der Waals surface area contributed by atoms with Gasteiger partial charge in [-0.05, 0) is 62.1 Å². The van der Waals surface area contributed by atoms with Gasteiger partial charge in [0, 0.05) is 18.8 Å². The number of aryl methyl sites for hydroxylation is 2. The van der Waals surface area contributed by atoms with Gasteiger partial charge in [-0.25, -0.2) is 4.98 Å². The molecule has 0 spiro atoms. The number of anilines is 2. The van der Waals surface area contributed by atoms with E-state index in [1.54, 1.807) is 12.3 Å². The van der Waals surface area contributed by atoms with Crippen molar-refractivity contribution in [1.82, 2.24) is 4.98 Å². The first-order valence-electron chi connectivity index (χ1n) is 8.64. The molecule has 128 valence electrons. The van der Waals surface area contributed by atoms with E-state index in [1.165, 1.54) is 0 Å². The van der Waals surface area contributed by atoms with Crippen LogP contribution in [-0.4, -0.2) is 24.0 Å². The molecule has 2 aromatic rings. The standard InChI is InChI=1S/C20H27N3O/c1-5-9-23(10-6-2)18-7-8-19(21-14-18)20(24)22-17-12-15(3)11-16(4)13-17/h7-8,11-14H,5-6,9-10H2,1-4H3,(H,22,24). The molecule has 1 heterocycles. The summed E-state index contributed by atoms with van der Waals surface area (Å²) in [7, 11) is 0. The molecular weight excluding hydrogens is 298 g/mol. The molecule has 1 aromatic carbocycles. The van der Waals surface area contributed by atoms with Crippen molar-refractivity contribution in [2.75, 3.05) is 23.3 Å². The second-order valence-electron chi connectivity index (χ2n) is 6.22. The van der Waals surface area contributed by atoms with Crippen molar-refractivity contribution in [3.8, 4) is 0 Å². The summed E-state index contributed by atoms with van der Waals surface area (Å²) in [6.45, 7) is 10.4. The number of carbonyl (C=O) groups is 1. The van der Waals surface area contributed by atoms with Gasteiger partial charge in [0.2, 0.25) is 0 Å². The summed E-state index contributed by atoms with van der Waals surface area (Å²) in [6, 6.07) is 9.78. The Morgan fingerprint density at radius 3 is 2.17 bits per heavy atom. The van der Waals surface area contributed by atoms with E-state index in [1.807, 2.05) is 32.0 Å². The molecule has 0 saturated heterocycles. The van der Waals surface area contributed by atoms with E-state index >= 15 is 0 Å². The van der Waals surface area contributed by atoms with E-state index in [4.69, 9.17) is 0 Å². The lowest BCUT2D eigenvalue weighted by atomic mass is 10.1. The monoisotopic (exact) mass is 325 g/mol. The Labute approximate surface area is 144 Å². The zero-order chi connectivity index (χ0) is 17.5. The van der Waals surface area contributed by atoms with Crippen molar-refractivity contribution in [1.29, 1.82) is 0 Å². The van der Waals surface area contributed by atoms with Gasteiger partial charge < -0.3 is 10.2 Å². The van der Waals surface area contributed by atoms with Gasteiger partial charge >= 0.3 is 0 Å². The van der Waals surface area contributed by atoms with E-state index in [0.717, 1.165) is 48.4 Å². The minimum Gasteiger partial charge on any atom is -0.370 e. The number of nitrogens with one attached hydrogen (secondary N) is 1. The SMILES string of the molecule is CCCN(CCC)c1ccc(C(=O)Nc2cc(C)cc(C)c2)nc1. The Kier molecular flexibility index (Phi) is 6.36. The summed E-state index contributed by atoms with van der Waals surface area (Å²) in [5.41, 5.74) is 4.57. The lowest BCUT2D eigenvalue weighted by Crippen LogP contribution is -2.25. The second-order valence-corrected chi connectivity index (χ2v) is 6.22. The molecule has 0 radical (unpaired) electrons. The summed E-state index contributed by atoms with van der Waals surface area (Å²) in [5, 5.41) is 2.92. The summed E-state index contributed by atoms with van der Waals surface area (Å²) < 4.78 is 0. The summed E-state index contributed by atoms with van der Waals surface area (Å²) >= 11 is 0. The van der Waals surface area contributed by atoms with Crippen LogP contribution in [0.25, 0.3) is 0 Å². The van der Waals surface area contributed by atoms with Gasteiger partial charge in [-0.3, -0.25) is 4.79 Å². The van der Waals surface area contributed by atoms with Crippen molar-refractivity contribution < 1.29 is 4.79 Å². The molecule has 1 aromatic heterocycles. The van der Waals surface area contributed by atoms with Crippen LogP contribution in [0.1, 0.15) is 48.3 Å². The molecule has 4 nitrogen and oxygen atoms in total. The van der Waals surface area contributed by atoms with Crippen molar-refractivity contribution >= 4 is 17.3 Å². The quantitative estimate of drug-likeness (QED) is 0.810. The number of amides is 1. The number of rotatable bonds is 7. The van der Waals surface area contributed by atoms with Gasteiger partial charge in [-0.2, -0.15) is 0 Å². The fraction of sp³-hybridized carbons (Fsp3) is 0.400. The van der Waals surface area contributed by atoms with E-state index < -0.39 is 0 Å². The predicted octanol–water partition coefficient (Wildman–Crippen LogP) is 4.58. The molecule has 1 N–H and O–H groups in total. The average Bonchev–Trinajstić information content (AvgIpc) is 2.54. The summed E-state index contributed by atoms with van der Waals surface area (Å²) in [6.07, 6.45) is 3.98. The molecule has 0 saturated carbocycles. The lowest BCUT2D eigenvalue weighted by molar-refractivity contribution is 0.102. The van der Waals surface area contributed by atoms with E-state index in [9.17, 15) is 4.79 Å². The fourth-order valence-electron chi connectivity index (χ4n) is 2.86. The number of aromatic nitrogens is 1. The van der Waals surface area contributed by atoms with Gasteiger partial charge in [-0.1, -0.05) is 19.9 Å². The number of nitrogens with zero attached hydrogens (tertiary/aromatic N) is 2. The third-order valence-electron chi connectivity index (χ3n) is 3.81. The van der Waals surface area contributed by atoms with Crippen molar-refractivity contribution in [2.45, 2.75) is 40.5 Å². The number of carbonyl (C=O) groups excluding carboxylic acids is 1. The zero-order valence-electron chi connectivity index (χ0n) is 15.1. The predicted molar refractivity (Wildman–Crippen MR) is 101 cm³/mol.